The topological polar surface area (TPSA) is 67.3 Å². The summed E-state index contributed by atoms with van der Waals surface area (Å²) in [6.45, 7) is 1.71. The Morgan fingerprint density at radius 3 is 2.79 bits per heavy atom. The van der Waals surface area contributed by atoms with Crippen molar-refractivity contribution >= 4 is 34.9 Å². The lowest BCUT2D eigenvalue weighted by molar-refractivity contribution is 0.0601. The molecular formula is C21H19ClN4O2. The number of halogens is 1. The molecule has 1 N–H and O–H groups in total. The maximum absolute atomic E-state index is 11.8. The third-order valence-corrected chi connectivity index (χ3v) is 5.09. The largest absolute Gasteiger partial charge is 0.465 e. The molecular weight excluding hydrogens is 376 g/mol. The fourth-order valence-electron chi connectivity index (χ4n) is 3.28. The SMILES string of the molecule is COC(=O)c1ccc(Cl)c(Nc2cc(N3CCc4ccccc4C3)ncn2)c1. The zero-order valence-corrected chi connectivity index (χ0v) is 16.1. The normalized spacial score (nSPS) is 13.0. The molecule has 7 heteroatoms. The first-order valence-corrected chi connectivity index (χ1v) is 9.30. The first kappa shape index (κ1) is 18.3. The number of carbonyl (C=O) groups excluding carboxylic acids is 1. The molecule has 0 spiro atoms. The lowest BCUT2D eigenvalue weighted by Crippen LogP contribution is -2.31. The van der Waals surface area contributed by atoms with Crippen LogP contribution in [-0.2, 0) is 17.7 Å². The van der Waals surface area contributed by atoms with Gasteiger partial charge in [-0.05, 0) is 35.7 Å². The van der Waals surface area contributed by atoms with Crippen LogP contribution in [0.4, 0.5) is 17.3 Å². The molecule has 2 heterocycles. The smallest absolute Gasteiger partial charge is 0.337 e. The number of ether oxygens (including phenoxy) is 1. The van der Waals surface area contributed by atoms with Crippen LogP contribution in [0.3, 0.4) is 0 Å². The van der Waals surface area contributed by atoms with Crippen LogP contribution in [0.1, 0.15) is 21.5 Å². The Balaban J connectivity index is 1.56. The number of anilines is 3. The molecule has 6 nitrogen and oxygen atoms in total. The van der Waals surface area contributed by atoms with E-state index in [1.54, 1.807) is 18.2 Å². The first-order valence-electron chi connectivity index (χ1n) is 8.92. The maximum atomic E-state index is 11.8. The van der Waals surface area contributed by atoms with Gasteiger partial charge in [-0.2, -0.15) is 0 Å². The molecule has 1 aromatic heterocycles. The molecule has 1 aliphatic heterocycles. The second-order valence-corrected chi connectivity index (χ2v) is 6.92. The molecule has 2 aromatic carbocycles. The lowest BCUT2D eigenvalue weighted by Gasteiger charge is -2.29. The van der Waals surface area contributed by atoms with Crippen LogP contribution in [0, 0.1) is 0 Å². The molecule has 0 saturated heterocycles. The molecule has 28 heavy (non-hydrogen) atoms. The predicted molar refractivity (Wildman–Crippen MR) is 109 cm³/mol. The van der Waals surface area contributed by atoms with Crippen LogP contribution < -0.4 is 10.2 Å². The van der Waals surface area contributed by atoms with E-state index in [4.69, 9.17) is 16.3 Å². The van der Waals surface area contributed by atoms with E-state index >= 15 is 0 Å². The van der Waals surface area contributed by atoms with Crippen LogP contribution in [0.2, 0.25) is 5.02 Å². The highest BCUT2D eigenvalue weighted by atomic mass is 35.5. The Morgan fingerprint density at radius 2 is 1.96 bits per heavy atom. The van der Waals surface area contributed by atoms with Gasteiger partial charge in [-0.3, -0.25) is 0 Å². The fraction of sp³-hybridized carbons (Fsp3) is 0.190. The van der Waals surface area contributed by atoms with Gasteiger partial charge in [0.25, 0.3) is 0 Å². The summed E-state index contributed by atoms with van der Waals surface area (Å²) in [6.07, 6.45) is 2.51. The number of hydrogen-bond acceptors (Lipinski definition) is 6. The van der Waals surface area contributed by atoms with Crippen molar-refractivity contribution in [2.45, 2.75) is 13.0 Å². The van der Waals surface area contributed by atoms with E-state index in [2.05, 4.69) is 44.5 Å². The molecule has 4 rings (SSSR count). The van der Waals surface area contributed by atoms with Crippen LogP contribution in [0.15, 0.2) is 54.9 Å². The van der Waals surface area contributed by atoms with E-state index in [0.29, 0.717) is 22.1 Å². The van der Waals surface area contributed by atoms with Gasteiger partial charge in [0, 0.05) is 19.2 Å². The summed E-state index contributed by atoms with van der Waals surface area (Å²) in [5, 5.41) is 3.66. The van der Waals surface area contributed by atoms with Crippen LogP contribution in [0.25, 0.3) is 0 Å². The molecule has 0 atom stereocenters. The summed E-state index contributed by atoms with van der Waals surface area (Å²) < 4.78 is 4.77. The van der Waals surface area contributed by atoms with Gasteiger partial charge in [0.05, 0.1) is 23.4 Å². The molecule has 0 radical (unpaired) electrons. The Morgan fingerprint density at radius 1 is 1.14 bits per heavy atom. The number of nitrogens with zero attached hydrogens (tertiary/aromatic N) is 3. The van der Waals surface area contributed by atoms with Gasteiger partial charge in [-0.25, -0.2) is 14.8 Å². The van der Waals surface area contributed by atoms with Crippen LogP contribution >= 0.6 is 11.6 Å². The number of nitrogens with one attached hydrogen (secondary N) is 1. The van der Waals surface area contributed by atoms with Gasteiger partial charge < -0.3 is 15.0 Å². The standard InChI is InChI=1S/C21H19ClN4O2/c1-28-21(27)15-6-7-17(22)18(10-15)25-19-11-20(24-13-23-19)26-9-8-14-4-2-3-5-16(14)12-26/h2-7,10-11,13H,8-9,12H2,1H3,(H,23,24,25). The first-order chi connectivity index (χ1) is 13.6. The van der Waals surface area contributed by atoms with Crippen molar-refractivity contribution in [3.63, 3.8) is 0 Å². The summed E-state index contributed by atoms with van der Waals surface area (Å²) >= 11 is 6.27. The fourth-order valence-corrected chi connectivity index (χ4v) is 3.45. The summed E-state index contributed by atoms with van der Waals surface area (Å²) in [6, 6.07) is 15.3. The molecule has 1 aliphatic rings. The van der Waals surface area contributed by atoms with Gasteiger partial charge in [-0.1, -0.05) is 35.9 Å². The molecule has 0 fully saturated rings. The van der Waals surface area contributed by atoms with Gasteiger partial charge in [-0.15, -0.1) is 0 Å². The number of rotatable bonds is 4. The average Bonchev–Trinajstić information content (AvgIpc) is 2.74. The van der Waals surface area contributed by atoms with Gasteiger partial charge in [0.1, 0.15) is 18.0 Å². The maximum Gasteiger partial charge on any atom is 0.337 e. The predicted octanol–water partition coefficient (Wildman–Crippen LogP) is 4.22. The molecule has 0 unspecified atom stereocenters. The van der Waals surface area contributed by atoms with Crippen molar-refractivity contribution in [2.75, 3.05) is 23.9 Å². The molecule has 0 bridgehead atoms. The molecule has 0 saturated carbocycles. The van der Waals surface area contributed by atoms with Crippen molar-refractivity contribution in [3.8, 4) is 0 Å². The highest BCUT2D eigenvalue weighted by Gasteiger charge is 2.18. The number of carbonyl (C=O) groups is 1. The Bertz CT molecular complexity index is 1020. The number of fused-ring (bicyclic) bond motifs is 1. The van der Waals surface area contributed by atoms with E-state index in [1.807, 2.05) is 6.07 Å². The van der Waals surface area contributed by atoms with E-state index in [0.717, 1.165) is 25.3 Å². The van der Waals surface area contributed by atoms with Gasteiger partial charge in [0.2, 0.25) is 0 Å². The summed E-state index contributed by atoms with van der Waals surface area (Å²) in [7, 11) is 1.34. The minimum atomic E-state index is -0.421. The number of esters is 1. The second-order valence-electron chi connectivity index (χ2n) is 6.51. The number of hydrogen-bond donors (Lipinski definition) is 1. The second kappa shape index (κ2) is 7.86. The highest BCUT2D eigenvalue weighted by molar-refractivity contribution is 6.33. The average molecular weight is 395 g/mol. The summed E-state index contributed by atoms with van der Waals surface area (Å²) in [5.41, 5.74) is 3.70. The summed E-state index contributed by atoms with van der Waals surface area (Å²) in [5.74, 6) is 1.02. The summed E-state index contributed by atoms with van der Waals surface area (Å²) in [4.78, 5) is 22.7. The van der Waals surface area contributed by atoms with E-state index in [1.165, 1.54) is 24.6 Å². The third kappa shape index (κ3) is 3.77. The Hall–Kier alpha value is -3.12. The van der Waals surface area contributed by atoms with Crippen LogP contribution in [0.5, 0.6) is 0 Å². The van der Waals surface area contributed by atoms with E-state index in [9.17, 15) is 4.79 Å². The van der Waals surface area contributed by atoms with Crippen molar-refractivity contribution in [1.29, 1.82) is 0 Å². The zero-order valence-electron chi connectivity index (χ0n) is 15.4. The van der Waals surface area contributed by atoms with Crippen molar-refractivity contribution in [2.24, 2.45) is 0 Å². The molecule has 0 amide bonds. The van der Waals surface area contributed by atoms with Gasteiger partial charge >= 0.3 is 5.97 Å². The monoisotopic (exact) mass is 394 g/mol. The molecule has 3 aromatic rings. The Labute approximate surface area is 168 Å². The van der Waals surface area contributed by atoms with Crippen molar-refractivity contribution in [1.82, 2.24) is 9.97 Å². The Kier molecular flexibility index (Phi) is 5.12. The number of aromatic nitrogens is 2. The minimum absolute atomic E-state index is 0.413. The van der Waals surface area contributed by atoms with Crippen molar-refractivity contribution < 1.29 is 9.53 Å². The minimum Gasteiger partial charge on any atom is -0.465 e. The lowest BCUT2D eigenvalue weighted by atomic mass is 10.00. The molecule has 142 valence electrons. The van der Waals surface area contributed by atoms with Crippen molar-refractivity contribution in [3.05, 3.63) is 76.6 Å². The quantitative estimate of drug-likeness (QED) is 0.668. The van der Waals surface area contributed by atoms with Crippen LogP contribution in [-0.4, -0.2) is 29.6 Å². The van der Waals surface area contributed by atoms with Gasteiger partial charge in [0.15, 0.2) is 0 Å². The van der Waals surface area contributed by atoms with E-state index in [-0.39, 0.29) is 0 Å². The van der Waals surface area contributed by atoms with E-state index < -0.39 is 5.97 Å². The highest BCUT2D eigenvalue weighted by Crippen LogP contribution is 2.28. The molecule has 0 aliphatic carbocycles. The number of benzene rings is 2. The third-order valence-electron chi connectivity index (χ3n) is 4.76. The number of methoxy groups -OCH3 is 1. The zero-order chi connectivity index (χ0) is 19.5.